The summed E-state index contributed by atoms with van der Waals surface area (Å²) < 4.78 is 10.3. The van der Waals surface area contributed by atoms with Crippen molar-refractivity contribution in [3.05, 3.63) is 142 Å². The number of benzene rings is 3. The van der Waals surface area contributed by atoms with Crippen molar-refractivity contribution in [2.24, 2.45) is 0 Å². The van der Waals surface area contributed by atoms with Crippen LogP contribution in [0.4, 0.5) is 0 Å². The van der Waals surface area contributed by atoms with Gasteiger partial charge in [0.05, 0.1) is 42.9 Å². The van der Waals surface area contributed by atoms with E-state index in [2.05, 4.69) is 16.0 Å². The van der Waals surface area contributed by atoms with Gasteiger partial charge in [0.25, 0.3) is 0 Å². The third kappa shape index (κ3) is 4.77. The largest absolute Gasteiger partial charge is 0.497 e. The van der Waals surface area contributed by atoms with Gasteiger partial charge in [-0.3, -0.25) is 9.59 Å². The molecule has 40 heavy (non-hydrogen) atoms. The number of hydrogen-bond acceptors (Lipinski definition) is 6. The van der Waals surface area contributed by atoms with Gasteiger partial charge >= 0.3 is 0 Å². The Morgan fingerprint density at radius 2 is 1.32 bits per heavy atom. The quantitative estimate of drug-likeness (QED) is 0.230. The van der Waals surface area contributed by atoms with E-state index in [-0.39, 0.29) is 17.3 Å². The lowest BCUT2D eigenvalue weighted by atomic mass is 9.86. The van der Waals surface area contributed by atoms with Gasteiger partial charge in [0, 0.05) is 22.9 Å². The molecule has 2 aromatic heterocycles. The fourth-order valence-electron chi connectivity index (χ4n) is 4.52. The van der Waals surface area contributed by atoms with Gasteiger partial charge in [-0.05, 0) is 84.4 Å². The summed E-state index contributed by atoms with van der Waals surface area (Å²) in [5.41, 5.74) is 1.19. The minimum atomic E-state index is -1.80. The van der Waals surface area contributed by atoms with E-state index in [9.17, 15) is 20.0 Å². The summed E-state index contributed by atoms with van der Waals surface area (Å²) in [4.78, 5) is 32.5. The van der Waals surface area contributed by atoms with Crippen LogP contribution in [0.15, 0.2) is 97.2 Å². The van der Waals surface area contributed by atoms with E-state index in [0.29, 0.717) is 50.7 Å². The first kappa shape index (κ1) is 26.2. The van der Waals surface area contributed by atoms with Crippen molar-refractivity contribution >= 4 is 11.6 Å². The Kier molecular flexibility index (Phi) is 7.06. The summed E-state index contributed by atoms with van der Waals surface area (Å²) in [6.45, 7) is 0. The van der Waals surface area contributed by atoms with Crippen LogP contribution in [0.2, 0.25) is 0 Å². The van der Waals surface area contributed by atoms with E-state index in [1.165, 1.54) is 6.20 Å². The second kappa shape index (κ2) is 10.8. The average molecular weight is 532 g/mol. The molecule has 0 spiro atoms. The number of rotatable bonds is 9. The van der Waals surface area contributed by atoms with Gasteiger partial charge in [-0.1, -0.05) is 12.1 Å². The highest BCUT2D eigenvalue weighted by molar-refractivity contribution is 6.09. The Morgan fingerprint density at radius 3 is 1.88 bits per heavy atom. The molecule has 0 saturated heterocycles. The summed E-state index contributed by atoms with van der Waals surface area (Å²) in [6, 6.07) is 26.8. The molecule has 8 heteroatoms. The van der Waals surface area contributed by atoms with E-state index in [0.717, 1.165) is 0 Å². The van der Waals surface area contributed by atoms with Crippen molar-refractivity contribution in [2.45, 2.75) is 5.60 Å². The number of carbonyl (C=O) groups excluding carboxylic acids is 2. The van der Waals surface area contributed by atoms with Crippen molar-refractivity contribution in [1.82, 2.24) is 9.97 Å². The first-order valence-electron chi connectivity index (χ1n) is 12.4. The summed E-state index contributed by atoms with van der Waals surface area (Å²) in [7, 11) is 3.10. The van der Waals surface area contributed by atoms with Crippen molar-refractivity contribution in [3.8, 4) is 17.6 Å². The summed E-state index contributed by atoms with van der Waals surface area (Å²) in [5, 5.41) is 21.5. The molecule has 8 nitrogen and oxygen atoms in total. The highest BCUT2D eigenvalue weighted by Gasteiger charge is 2.37. The first-order valence-corrected chi connectivity index (χ1v) is 12.4. The Morgan fingerprint density at radius 1 is 0.750 bits per heavy atom. The molecule has 0 amide bonds. The number of methoxy groups -OCH3 is 2. The third-order valence-electron chi connectivity index (χ3n) is 6.79. The van der Waals surface area contributed by atoms with Gasteiger partial charge in [0.15, 0.2) is 11.4 Å². The van der Waals surface area contributed by atoms with Crippen molar-refractivity contribution in [1.29, 1.82) is 5.26 Å². The van der Waals surface area contributed by atoms with Gasteiger partial charge in [-0.2, -0.15) is 5.26 Å². The van der Waals surface area contributed by atoms with Crippen LogP contribution in [-0.2, 0) is 5.60 Å². The third-order valence-corrected chi connectivity index (χ3v) is 6.79. The molecular weight excluding hydrogens is 506 g/mol. The number of nitriles is 1. The van der Waals surface area contributed by atoms with Crippen molar-refractivity contribution in [3.63, 3.8) is 0 Å². The van der Waals surface area contributed by atoms with Crippen LogP contribution in [0.3, 0.4) is 0 Å². The number of aromatic amines is 2. The van der Waals surface area contributed by atoms with E-state index in [4.69, 9.17) is 9.47 Å². The number of aromatic nitrogens is 2. The zero-order valence-electron chi connectivity index (χ0n) is 21.8. The van der Waals surface area contributed by atoms with Crippen LogP contribution in [0.1, 0.15) is 54.5 Å². The Hall–Kier alpha value is -5.39. The maximum Gasteiger partial charge on any atom is 0.209 e. The maximum atomic E-state index is 13.2. The molecule has 0 saturated carbocycles. The van der Waals surface area contributed by atoms with Crippen molar-refractivity contribution in [2.75, 3.05) is 14.2 Å². The number of ketones is 2. The summed E-state index contributed by atoms with van der Waals surface area (Å²) in [5.74, 6) is 0.756. The van der Waals surface area contributed by atoms with Crippen LogP contribution in [0.5, 0.6) is 11.5 Å². The predicted molar refractivity (Wildman–Crippen MR) is 148 cm³/mol. The van der Waals surface area contributed by atoms with Gasteiger partial charge in [-0.15, -0.1) is 0 Å². The first-order chi connectivity index (χ1) is 19.4. The van der Waals surface area contributed by atoms with Crippen LogP contribution in [0.25, 0.3) is 0 Å². The van der Waals surface area contributed by atoms with E-state index in [1.807, 2.05) is 0 Å². The fraction of sp³-hybridized carbons (Fsp3) is 0.0938. The summed E-state index contributed by atoms with van der Waals surface area (Å²) in [6.07, 6.45) is 1.53. The second-order valence-electron chi connectivity index (χ2n) is 9.10. The zero-order valence-corrected chi connectivity index (χ0v) is 21.8. The van der Waals surface area contributed by atoms with Crippen LogP contribution < -0.4 is 9.47 Å². The van der Waals surface area contributed by atoms with Gasteiger partial charge in [0.2, 0.25) is 5.78 Å². The molecule has 0 radical (unpaired) electrons. The molecular formula is C32H25N3O5. The van der Waals surface area contributed by atoms with Gasteiger partial charge < -0.3 is 24.5 Å². The van der Waals surface area contributed by atoms with Gasteiger partial charge in [0.1, 0.15) is 11.5 Å². The molecule has 0 aliphatic carbocycles. The number of nitrogens with zero attached hydrogens (tertiary/aromatic N) is 1. The number of hydrogen-bond donors (Lipinski definition) is 3. The number of ether oxygens (including phenoxy) is 2. The number of aliphatic hydroxyl groups is 1. The number of nitrogens with one attached hydrogen (secondary N) is 2. The molecule has 1 atom stereocenters. The molecule has 198 valence electrons. The Labute approximate surface area is 230 Å². The molecule has 0 fully saturated rings. The monoisotopic (exact) mass is 531 g/mol. The SMILES string of the molecule is COc1ccc(C(=O)c2c[nH]c(C(O)(c3ccc(C#N)cc3)c3ccc(C(=O)c4ccc(OC)cc4)[nH]3)c2)cc1. The topological polar surface area (TPSA) is 128 Å². The minimum absolute atomic E-state index is 0.241. The Balaban J connectivity index is 1.54. The molecule has 5 rings (SSSR count). The smallest absolute Gasteiger partial charge is 0.209 e. The molecule has 3 N–H and O–H groups in total. The average Bonchev–Trinajstić information content (AvgIpc) is 3.72. The zero-order chi connectivity index (χ0) is 28.3. The Bertz CT molecular complexity index is 1610. The minimum Gasteiger partial charge on any atom is -0.497 e. The van der Waals surface area contributed by atoms with Gasteiger partial charge in [-0.25, -0.2) is 0 Å². The molecule has 0 bridgehead atoms. The standard InChI is InChI=1S/C32H25N3O5/c1-39-25-11-5-21(6-12-25)30(36)23-17-29(34-19-23)32(38,24-9-3-20(18-33)4-10-24)28-16-15-27(35-28)31(37)22-7-13-26(40-2)14-8-22/h3-17,19,34-35,38H,1-2H3. The van der Waals surface area contributed by atoms with Crippen LogP contribution >= 0.6 is 0 Å². The molecule has 0 aliphatic heterocycles. The molecule has 0 aliphatic rings. The maximum absolute atomic E-state index is 13.2. The predicted octanol–water partition coefficient (Wildman–Crippen LogP) is 4.98. The summed E-state index contributed by atoms with van der Waals surface area (Å²) >= 11 is 0. The van der Waals surface area contributed by atoms with Crippen molar-refractivity contribution < 1.29 is 24.2 Å². The second-order valence-corrected chi connectivity index (χ2v) is 9.10. The fourth-order valence-corrected chi connectivity index (χ4v) is 4.52. The van der Waals surface area contributed by atoms with Crippen LogP contribution in [-0.4, -0.2) is 40.9 Å². The van der Waals surface area contributed by atoms with Crippen LogP contribution in [0, 0.1) is 11.3 Å². The molecule has 1 unspecified atom stereocenters. The number of H-pyrrole nitrogens is 2. The molecule has 5 aromatic rings. The normalized spacial score (nSPS) is 12.2. The van der Waals surface area contributed by atoms with E-state index >= 15 is 0 Å². The van der Waals surface area contributed by atoms with E-state index in [1.54, 1.807) is 105 Å². The molecule has 2 heterocycles. The lowest BCUT2D eigenvalue weighted by molar-refractivity contribution is 0.102. The lowest BCUT2D eigenvalue weighted by Crippen LogP contribution is -2.30. The highest BCUT2D eigenvalue weighted by atomic mass is 16.5. The lowest BCUT2D eigenvalue weighted by Gasteiger charge is -2.27. The highest BCUT2D eigenvalue weighted by Crippen LogP contribution is 2.36. The number of carbonyl (C=O) groups is 2. The molecule has 3 aromatic carbocycles. The van der Waals surface area contributed by atoms with E-state index < -0.39 is 5.60 Å².